The van der Waals surface area contributed by atoms with Gasteiger partial charge in [-0.15, -0.1) is 0 Å². The highest BCUT2D eigenvalue weighted by molar-refractivity contribution is 5.60. The predicted octanol–water partition coefficient (Wildman–Crippen LogP) is 4.61. The van der Waals surface area contributed by atoms with Gasteiger partial charge in [0.05, 0.1) is 6.04 Å². The number of fused-ring (bicyclic) bond motifs is 6. The van der Waals surface area contributed by atoms with Crippen LogP contribution in [0.5, 0.6) is 0 Å². The van der Waals surface area contributed by atoms with E-state index in [1.807, 2.05) is 30.3 Å². The second-order valence-electron chi connectivity index (χ2n) is 9.35. The number of rotatable bonds is 2. The van der Waals surface area contributed by atoms with E-state index in [4.69, 9.17) is 4.42 Å². The van der Waals surface area contributed by atoms with Crippen LogP contribution in [0.2, 0.25) is 0 Å². The van der Waals surface area contributed by atoms with E-state index in [1.54, 1.807) is 5.57 Å². The van der Waals surface area contributed by atoms with Crippen LogP contribution >= 0.6 is 0 Å². The Balaban J connectivity index is 1.38. The molecule has 1 aliphatic carbocycles. The molecule has 2 bridgehead atoms. The summed E-state index contributed by atoms with van der Waals surface area (Å²) in [6.07, 6.45) is 10.2. The summed E-state index contributed by atoms with van der Waals surface area (Å²) in [5.41, 5.74) is 2.92. The summed E-state index contributed by atoms with van der Waals surface area (Å²) in [7, 11) is 0. The third kappa shape index (κ3) is 2.89. The molecule has 0 amide bonds. The fourth-order valence-electron chi connectivity index (χ4n) is 6.49. The van der Waals surface area contributed by atoms with E-state index in [9.17, 15) is 5.26 Å². The number of nitriles is 1. The molecule has 0 spiro atoms. The van der Waals surface area contributed by atoms with Crippen LogP contribution in [-0.4, -0.2) is 41.6 Å². The number of piperidine rings is 3. The number of anilines is 1. The average molecular weight is 401 g/mol. The average Bonchev–Trinajstić information content (AvgIpc) is 3.24. The lowest BCUT2D eigenvalue weighted by atomic mass is 9.68. The molecule has 4 atom stereocenters. The van der Waals surface area contributed by atoms with Crippen LogP contribution in [0, 0.1) is 23.2 Å². The van der Waals surface area contributed by atoms with Crippen molar-refractivity contribution in [1.82, 2.24) is 9.88 Å². The van der Waals surface area contributed by atoms with E-state index in [-0.39, 0.29) is 0 Å². The molecular weight excluding hydrogens is 372 g/mol. The van der Waals surface area contributed by atoms with Crippen LogP contribution in [0.1, 0.15) is 44.2 Å². The largest absolute Gasteiger partial charge is 0.419 e. The van der Waals surface area contributed by atoms with Crippen molar-refractivity contribution in [3.05, 3.63) is 47.7 Å². The summed E-state index contributed by atoms with van der Waals surface area (Å²) >= 11 is 0. The molecule has 1 aromatic heterocycles. The summed E-state index contributed by atoms with van der Waals surface area (Å²) in [4.78, 5) is 9.68. The van der Waals surface area contributed by atoms with Crippen LogP contribution in [0.15, 0.2) is 46.4 Å². The lowest BCUT2D eigenvalue weighted by molar-refractivity contribution is 0.0306. The van der Waals surface area contributed by atoms with Crippen LogP contribution in [0.4, 0.5) is 5.88 Å². The van der Waals surface area contributed by atoms with Crippen molar-refractivity contribution >= 4 is 5.88 Å². The summed E-state index contributed by atoms with van der Waals surface area (Å²) in [5.74, 6) is 2.54. The van der Waals surface area contributed by atoms with E-state index >= 15 is 0 Å². The molecule has 5 heteroatoms. The number of hydrogen-bond acceptors (Lipinski definition) is 5. The molecule has 0 N–H and O–H groups in total. The predicted molar refractivity (Wildman–Crippen MR) is 116 cm³/mol. The van der Waals surface area contributed by atoms with Crippen LogP contribution < -0.4 is 4.90 Å². The van der Waals surface area contributed by atoms with Gasteiger partial charge in [0, 0.05) is 24.7 Å². The van der Waals surface area contributed by atoms with Gasteiger partial charge < -0.3 is 9.32 Å². The Kier molecular flexibility index (Phi) is 4.42. The first-order chi connectivity index (χ1) is 14.8. The van der Waals surface area contributed by atoms with Gasteiger partial charge in [0.1, 0.15) is 6.07 Å². The van der Waals surface area contributed by atoms with E-state index in [0.717, 1.165) is 24.6 Å². The summed E-state index contributed by atoms with van der Waals surface area (Å²) in [6, 6.07) is 13.3. The molecule has 1 aromatic carbocycles. The monoisotopic (exact) mass is 400 g/mol. The van der Waals surface area contributed by atoms with Crippen molar-refractivity contribution in [1.29, 1.82) is 5.26 Å². The Bertz CT molecular complexity index is 1000. The minimum Gasteiger partial charge on any atom is -0.419 e. The highest BCUT2D eigenvalue weighted by atomic mass is 16.4. The SMILES string of the molecule is N#Cc1nc(-c2ccccc2)oc1N1CCCC2=CC3CC(CN4CCCCC34)C21. The maximum Gasteiger partial charge on any atom is 0.235 e. The minimum absolute atomic E-state index is 0.349. The van der Waals surface area contributed by atoms with E-state index in [1.165, 1.54) is 45.2 Å². The highest BCUT2D eigenvalue weighted by Crippen LogP contribution is 2.46. The molecule has 0 saturated carbocycles. The Hall–Kier alpha value is -2.58. The quantitative estimate of drug-likeness (QED) is 0.689. The van der Waals surface area contributed by atoms with Gasteiger partial charge >= 0.3 is 0 Å². The molecule has 0 radical (unpaired) electrons. The second-order valence-corrected chi connectivity index (χ2v) is 9.35. The first kappa shape index (κ1) is 18.2. The van der Waals surface area contributed by atoms with Crippen molar-refractivity contribution in [2.45, 2.75) is 50.6 Å². The highest BCUT2D eigenvalue weighted by Gasteiger charge is 2.47. The van der Waals surface area contributed by atoms with Gasteiger partial charge in [0.2, 0.25) is 17.5 Å². The lowest BCUT2D eigenvalue weighted by Crippen LogP contribution is -2.59. The van der Waals surface area contributed by atoms with Crippen molar-refractivity contribution in [3.63, 3.8) is 0 Å². The van der Waals surface area contributed by atoms with Crippen LogP contribution in [0.3, 0.4) is 0 Å². The van der Waals surface area contributed by atoms with Crippen LogP contribution in [0.25, 0.3) is 11.5 Å². The van der Waals surface area contributed by atoms with Gasteiger partial charge in [0.15, 0.2) is 0 Å². The summed E-state index contributed by atoms with van der Waals surface area (Å²) in [5, 5.41) is 9.81. The molecule has 4 heterocycles. The molecule has 154 valence electrons. The Morgan fingerprint density at radius 2 is 2.00 bits per heavy atom. The smallest absolute Gasteiger partial charge is 0.235 e. The molecule has 5 nitrogen and oxygen atoms in total. The zero-order chi connectivity index (χ0) is 20.1. The lowest BCUT2D eigenvalue weighted by Gasteiger charge is -2.54. The van der Waals surface area contributed by atoms with Gasteiger partial charge in [-0.25, -0.2) is 0 Å². The number of oxazole rings is 1. The number of aromatic nitrogens is 1. The number of benzene rings is 1. The fraction of sp³-hybridized carbons (Fsp3) is 0.520. The van der Waals surface area contributed by atoms with Crippen molar-refractivity contribution in [3.8, 4) is 17.5 Å². The van der Waals surface area contributed by atoms with E-state index in [0.29, 0.717) is 35.3 Å². The minimum atomic E-state index is 0.349. The number of hydrogen-bond donors (Lipinski definition) is 0. The van der Waals surface area contributed by atoms with Crippen LogP contribution in [-0.2, 0) is 0 Å². The second kappa shape index (κ2) is 7.28. The van der Waals surface area contributed by atoms with Gasteiger partial charge in [-0.3, -0.25) is 4.90 Å². The standard InChI is InChI=1S/C25H28N4O/c26-15-21-25(30-24(27-21)17-7-2-1-3-8-17)29-12-6-9-18-13-19-14-20(23(18)29)16-28-11-5-4-10-22(19)28/h1-3,7-8,13,19-20,22-23H,4-6,9-12,14,16H2. The molecule has 3 fully saturated rings. The third-order valence-electron chi connectivity index (χ3n) is 7.65. The molecular formula is C25H28N4O. The van der Waals surface area contributed by atoms with Gasteiger partial charge in [-0.1, -0.05) is 36.3 Å². The normalized spacial score (nSPS) is 30.8. The first-order valence-electron chi connectivity index (χ1n) is 11.5. The molecule has 3 saturated heterocycles. The van der Waals surface area contributed by atoms with Crippen molar-refractivity contribution < 1.29 is 4.42 Å². The topological polar surface area (TPSA) is 56.3 Å². The van der Waals surface area contributed by atoms with Crippen molar-refractivity contribution in [2.75, 3.05) is 24.5 Å². The third-order valence-corrected chi connectivity index (χ3v) is 7.65. The zero-order valence-corrected chi connectivity index (χ0v) is 17.3. The maximum absolute atomic E-state index is 9.81. The molecule has 4 unspecified atom stereocenters. The Morgan fingerprint density at radius 3 is 2.87 bits per heavy atom. The first-order valence-corrected chi connectivity index (χ1v) is 11.5. The molecule has 30 heavy (non-hydrogen) atoms. The van der Waals surface area contributed by atoms with E-state index in [2.05, 4.69) is 26.9 Å². The molecule has 4 aliphatic rings. The maximum atomic E-state index is 9.81. The van der Waals surface area contributed by atoms with Crippen molar-refractivity contribution in [2.24, 2.45) is 11.8 Å². The van der Waals surface area contributed by atoms with Gasteiger partial charge in [-0.05, 0) is 62.6 Å². The Labute approximate surface area is 178 Å². The number of nitrogens with zero attached hydrogens (tertiary/aromatic N) is 4. The molecule has 3 aliphatic heterocycles. The Morgan fingerprint density at radius 1 is 1.10 bits per heavy atom. The summed E-state index contributed by atoms with van der Waals surface area (Å²) < 4.78 is 6.28. The zero-order valence-electron chi connectivity index (χ0n) is 17.3. The van der Waals surface area contributed by atoms with Gasteiger partial charge in [-0.2, -0.15) is 10.2 Å². The summed E-state index contributed by atoms with van der Waals surface area (Å²) in [6.45, 7) is 3.36. The fourth-order valence-corrected chi connectivity index (χ4v) is 6.49. The van der Waals surface area contributed by atoms with Gasteiger partial charge in [0.25, 0.3) is 0 Å². The molecule has 2 aromatic rings. The molecule has 6 rings (SSSR count). The van der Waals surface area contributed by atoms with E-state index < -0.39 is 0 Å².